The number of hydrogen-bond acceptors (Lipinski definition) is 4. The van der Waals surface area contributed by atoms with Gasteiger partial charge in [-0.3, -0.25) is 9.69 Å². The molecule has 1 aliphatic heterocycles. The lowest BCUT2D eigenvalue weighted by Crippen LogP contribution is -2.46. The zero-order valence-corrected chi connectivity index (χ0v) is 14.1. The van der Waals surface area contributed by atoms with E-state index >= 15 is 0 Å². The van der Waals surface area contributed by atoms with Crippen LogP contribution < -0.4 is 9.47 Å². The molecule has 1 aromatic carbocycles. The van der Waals surface area contributed by atoms with Crippen LogP contribution in [0.4, 0.5) is 4.79 Å². The van der Waals surface area contributed by atoms with E-state index in [4.69, 9.17) is 21.1 Å². The van der Waals surface area contributed by atoms with E-state index in [1.54, 1.807) is 12.0 Å². The van der Waals surface area contributed by atoms with Crippen LogP contribution in [-0.2, 0) is 6.54 Å². The van der Waals surface area contributed by atoms with Gasteiger partial charge in [-0.25, -0.2) is 0 Å². The lowest BCUT2D eigenvalue weighted by atomic mass is 10.1. The lowest BCUT2D eigenvalue weighted by Gasteiger charge is -2.33. The summed E-state index contributed by atoms with van der Waals surface area (Å²) in [6, 6.07) is 5.93. The number of ether oxygens (including phenoxy) is 2. The highest BCUT2D eigenvalue weighted by molar-refractivity contribution is 6.62. The summed E-state index contributed by atoms with van der Waals surface area (Å²) < 4.78 is 11.2. The summed E-state index contributed by atoms with van der Waals surface area (Å²) >= 11 is 5.51. The number of methoxy groups -OCH3 is 1. The molecule has 2 rings (SSSR count). The Hall–Kier alpha value is -1.46. The van der Waals surface area contributed by atoms with Gasteiger partial charge in [0, 0.05) is 44.4 Å². The molecule has 0 radical (unpaired) electrons. The van der Waals surface area contributed by atoms with Crippen LogP contribution in [0.2, 0.25) is 0 Å². The number of amides is 1. The first-order valence-corrected chi connectivity index (χ1v) is 7.87. The summed E-state index contributed by atoms with van der Waals surface area (Å²) in [6.07, 6.45) is 0.136. The molecule has 122 valence electrons. The van der Waals surface area contributed by atoms with Gasteiger partial charge in [-0.05, 0) is 31.5 Å². The molecule has 0 bridgehead atoms. The van der Waals surface area contributed by atoms with Gasteiger partial charge in [-0.1, -0.05) is 6.07 Å². The van der Waals surface area contributed by atoms with Gasteiger partial charge in [0.15, 0.2) is 0 Å². The van der Waals surface area contributed by atoms with Crippen LogP contribution >= 0.6 is 11.6 Å². The molecule has 0 aliphatic carbocycles. The molecule has 1 amide bonds. The van der Waals surface area contributed by atoms with E-state index in [-0.39, 0.29) is 11.5 Å². The maximum atomic E-state index is 11.1. The van der Waals surface area contributed by atoms with Crippen molar-refractivity contribution in [3.63, 3.8) is 0 Å². The third-order valence-electron chi connectivity index (χ3n) is 3.65. The highest BCUT2D eigenvalue weighted by Crippen LogP contribution is 2.27. The molecule has 0 saturated carbocycles. The van der Waals surface area contributed by atoms with Gasteiger partial charge in [-0.2, -0.15) is 0 Å². The number of carbonyl (C=O) groups is 1. The Bertz CT molecular complexity index is 514. The average molecular weight is 327 g/mol. The van der Waals surface area contributed by atoms with Crippen molar-refractivity contribution in [2.75, 3.05) is 33.3 Å². The fourth-order valence-corrected chi connectivity index (χ4v) is 2.69. The van der Waals surface area contributed by atoms with E-state index in [1.165, 1.54) is 0 Å². The first kappa shape index (κ1) is 16.9. The first-order valence-electron chi connectivity index (χ1n) is 7.50. The van der Waals surface area contributed by atoms with Crippen molar-refractivity contribution in [3.05, 3.63) is 23.8 Å². The monoisotopic (exact) mass is 326 g/mol. The number of rotatable bonds is 5. The fourth-order valence-electron chi connectivity index (χ4n) is 2.52. The van der Waals surface area contributed by atoms with Crippen LogP contribution in [0.15, 0.2) is 18.2 Å². The van der Waals surface area contributed by atoms with Crippen LogP contribution in [0.25, 0.3) is 0 Å². The van der Waals surface area contributed by atoms with Crippen LogP contribution in [0.5, 0.6) is 11.5 Å². The number of nitrogens with zero attached hydrogens (tertiary/aromatic N) is 2. The number of benzene rings is 1. The molecular weight excluding hydrogens is 304 g/mol. The summed E-state index contributed by atoms with van der Waals surface area (Å²) in [5.41, 5.74) is 1.12. The van der Waals surface area contributed by atoms with E-state index < -0.39 is 0 Å². The third kappa shape index (κ3) is 4.52. The maximum absolute atomic E-state index is 11.1. The topological polar surface area (TPSA) is 42.0 Å². The van der Waals surface area contributed by atoms with E-state index in [9.17, 15) is 4.79 Å². The van der Waals surface area contributed by atoms with E-state index in [0.717, 1.165) is 36.7 Å². The minimum atomic E-state index is -0.368. The minimum absolute atomic E-state index is 0.136. The van der Waals surface area contributed by atoms with Crippen molar-refractivity contribution in [1.82, 2.24) is 9.80 Å². The largest absolute Gasteiger partial charge is 0.496 e. The number of piperazine rings is 1. The quantitative estimate of drug-likeness (QED) is 0.616. The van der Waals surface area contributed by atoms with E-state index in [0.29, 0.717) is 13.1 Å². The lowest BCUT2D eigenvalue weighted by molar-refractivity contribution is 0.147. The molecule has 1 aromatic rings. The Labute approximate surface area is 136 Å². The number of hydrogen-bond donors (Lipinski definition) is 0. The fraction of sp³-hybridized carbons (Fsp3) is 0.562. The van der Waals surface area contributed by atoms with Crippen LogP contribution in [0.3, 0.4) is 0 Å². The molecule has 0 spiro atoms. The Morgan fingerprint density at radius 2 is 1.95 bits per heavy atom. The third-order valence-corrected chi connectivity index (χ3v) is 3.88. The van der Waals surface area contributed by atoms with E-state index in [2.05, 4.69) is 4.90 Å². The molecule has 1 heterocycles. The Morgan fingerprint density at radius 3 is 2.50 bits per heavy atom. The second-order valence-electron chi connectivity index (χ2n) is 5.66. The van der Waals surface area contributed by atoms with Gasteiger partial charge < -0.3 is 14.4 Å². The highest BCUT2D eigenvalue weighted by atomic mass is 35.5. The van der Waals surface area contributed by atoms with Gasteiger partial charge >= 0.3 is 5.37 Å². The van der Waals surface area contributed by atoms with Crippen molar-refractivity contribution >= 4 is 17.0 Å². The molecule has 0 atom stereocenters. The summed E-state index contributed by atoms with van der Waals surface area (Å²) in [5, 5.41) is -0.368. The summed E-state index contributed by atoms with van der Waals surface area (Å²) in [5.74, 6) is 1.64. The smallest absolute Gasteiger partial charge is 0.316 e. The van der Waals surface area contributed by atoms with Gasteiger partial charge in [0.25, 0.3) is 0 Å². The Balaban J connectivity index is 1.99. The van der Waals surface area contributed by atoms with Gasteiger partial charge in [0.1, 0.15) is 11.5 Å². The Kier molecular flexibility index (Phi) is 5.91. The maximum Gasteiger partial charge on any atom is 0.316 e. The van der Waals surface area contributed by atoms with Crippen LogP contribution in [0.1, 0.15) is 19.4 Å². The minimum Gasteiger partial charge on any atom is -0.496 e. The predicted octanol–water partition coefficient (Wildman–Crippen LogP) is 2.96. The molecule has 1 saturated heterocycles. The van der Waals surface area contributed by atoms with Crippen molar-refractivity contribution in [2.24, 2.45) is 0 Å². The van der Waals surface area contributed by atoms with Crippen molar-refractivity contribution < 1.29 is 14.3 Å². The normalized spacial score (nSPS) is 16.0. The molecule has 6 heteroatoms. The highest BCUT2D eigenvalue weighted by Gasteiger charge is 2.20. The molecule has 0 aromatic heterocycles. The SMILES string of the molecule is COc1cc(OC(C)C)ccc1CN1CCN(C(=O)Cl)CC1. The number of halogens is 1. The van der Waals surface area contributed by atoms with Gasteiger partial charge in [0.2, 0.25) is 0 Å². The molecule has 0 N–H and O–H groups in total. The standard InChI is InChI=1S/C16H23ClN2O3/c1-12(2)22-14-5-4-13(15(10-14)21-3)11-18-6-8-19(9-7-18)16(17)20/h4-5,10,12H,6-9,11H2,1-3H3. The van der Waals surface area contributed by atoms with Crippen molar-refractivity contribution in [2.45, 2.75) is 26.5 Å². The van der Waals surface area contributed by atoms with Gasteiger partial charge in [-0.15, -0.1) is 0 Å². The van der Waals surface area contributed by atoms with Gasteiger partial charge in [0.05, 0.1) is 13.2 Å². The zero-order valence-electron chi connectivity index (χ0n) is 13.3. The molecule has 1 fully saturated rings. The first-order chi connectivity index (χ1) is 10.5. The molecule has 22 heavy (non-hydrogen) atoms. The molecular formula is C16H23ClN2O3. The van der Waals surface area contributed by atoms with Crippen LogP contribution in [-0.4, -0.2) is 54.6 Å². The second-order valence-corrected chi connectivity index (χ2v) is 5.98. The summed E-state index contributed by atoms with van der Waals surface area (Å²) in [6.45, 7) is 7.74. The van der Waals surface area contributed by atoms with E-state index in [1.807, 2.05) is 32.0 Å². The molecule has 0 unspecified atom stereocenters. The second kappa shape index (κ2) is 7.70. The molecule has 5 nitrogen and oxygen atoms in total. The molecule has 1 aliphatic rings. The van der Waals surface area contributed by atoms with Crippen molar-refractivity contribution in [3.8, 4) is 11.5 Å². The zero-order chi connectivity index (χ0) is 16.1. The number of carbonyl (C=O) groups excluding carboxylic acids is 1. The Morgan fingerprint density at radius 1 is 1.27 bits per heavy atom. The van der Waals surface area contributed by atoms with Crippen molar-refractivity contribution in [1.29, 1.82) is 0 Å². The average Bonchev–Trinajstić information content (AvgIpc) is 2.48. The summed E-state index contributed by atoms with van der Waals surface area (Å²) in [7, 11) is 1.67. The summed E-state index contributed by atoms with van der Waals surface area (Å²) in [4.78, 5) is 15.1. The van der Waals surface area contributed by atoms with Crippen LogP contribution in [0, 0.1) is 0 Å². The predicted molar refractivity (Wildman–Crippen MR) is 86.9 cm³/mol.